The first-order valence-corrected chi connectivity index (χ1v) is 12.4. The average molecular weight is 503 g/mol. The van der Waals surface area contributed by atoms with Crippen LogP contribution in [0.1, 0.15) is 11.1 Å². The molecular formula is C21H26O10S2. The minimum atomic E-state index is -4.38. The topological polar surface area (TPSA) is 168 Å². The summed E-state index contributed by atoms with van der Waals surface area (Å²) in [5.41, 5.74) is 1.61. The quantitative estimate of drug-likeness (QED) is 0.249. The van der Waals surface area contributed by atoms with Gasteiger partial charge in [-0.05, 0) is 38.1 Å². The summed E-state index contributed by atoms with van der Waals surface area (Å²) in [4.78, 5) is -0.412. The second-order valence-electron chi connectivity index (χ2n) is 7.36. The van der Waals surface area contributed by atoms with Gasteiger partial charge in [0.25, 0.3) is 10.1 Å². The third kappa shape index (κ3) is 7.08. The molecule has 33 heavy (non-hydrogen) atoms. The molecule has 0 spiro atoms. The summed E-state index contributed by atoms with van der Waals surface area (Å²) in [6.45, 7) is 5.80. The van der Waals surface area contributed by atoms with Crippen LogP contribution in [-0.2, 0) is 28.6 Å². The van der Waals surface area contributed by atoms with E-state index in [0.29, 0.717) is 0 Å². The molecule has 0 aliphatic carbocycles. The van der Waals surface area contributed by atoms with E-state index in [1.807, 2.05) is 0 Å². The van der Waals surface area contributed by atoms with Crippen molar-refractivity contribution in [2.75, 3.05) is 6.61 Å². The molecule has 4 atom stereocenters. The summed E-state index contributed by atoms with van der Waals surface area (Å²) in [7, 11) is -8.65. The zero-order valence-electron chi connectivity index (χ0n) is 17.9. The van der Waals surface area contributed by atoms with Crippen LogP contribution in [0.25, 0.3) is 0 Å². The van der Waals surface area contributed by atoms with Crippen molar-refractivity contribution < 1.29 is 45.6 Å². The fourth-order valence-electron chi connectivity index (χ4n) is 2.58. The molecule has 0 heterocycles. The monoisotopic (exact) mass is 502 g/mol. The first kappa shape index (κ1) is 26.9. The Morgan fingerprint density at radius 1 is 0.788 bits per heavy atom. The Hall–Kier alpha value is -2.32. The number of aliphatic hydroxyl groups excluding tert-OH is 4. The Morgan fingerprint density at radius 3 is 1.67 bits per heavy atom. The highest BCUT2D eigenvalue weighted by Gasteiger charge is 2.35. The van der Waals surface area contributed by atoms with Crippen LogP contribution in [0.3, 0.4) is 0 Å². The summed E-state index contributed by atoms with van der Waals surface area (Å²) in [6.07, 6.45) is -8.40. The molecule has 10 nitrogen and oxygen atoms in total. The first-order valence-electron chi connectivity index (χ1n) is 9.63. The summed E-state index contributed by atoms with van der Waals surface area (Å²) in [5, 5.41) is 40.3. The van der Waals surface area contributed by atoms with Crippen LogP contribution in [-0.4, -0.2) is 68.3 Å². The predicted octanol–water partition coefficient (Wildman–Crippen LogP) is 0.372. The van der Waals surface area contributed by atoms with E-state index in [2.05, 4.69) is 6.58 Å². The zero-order valence-corrected chi connectivity index (χ0v) is 19.5. The summed E-state index contributed by atoms with van der Waals surface area (Å²) in [6, 6.07) is 11.3. The third-order valence-electron chi connectivity index (χ3n) is 4.63. The van der Waals surface area contributed by atoms with Gasteiger partial charge in [-0.15, -0.1) is 0 Å². The van der Waals surface area contributed by atoms with Crippen LogP contribution in [0.15, 0.2) is 70.7 Å². The minimum Gasteiger partial charge on any atom is -0.388 e. The van der Waals surface area contributed by atoms with Gasteiger partial charge in [-0.2, -0.15) is 16.8 Å². The zero-order chi connectivity index (χ0) is 25.0. The van der Waals surface area contributed by atoms with E-state index in [0.717, 1.165) is 11.1 Å². The number of aliphatic hydroxyl groups is 4. The van der Waals surface area contributed by atoms with Crippen LogP contribution >= 0.6 is 0 Å². The lowest BCUT2D eigenvalue weighted by Gasteiger charge is -2.27. The van der Waals surface area contributed by atoms with Crippen LogP contribution < -0.4 is 0 Å². The largest absolute Gasteiger partial charge is 0.388 e. The van der Waals surface area contributed by atoms with Crippen molar-refractivity contribution >= 4 is 20.2 Å². The Kier molecular flexibility index (Phi) is 8.76. The van der Waals surface area contributed by atoms with Gasteiger partial charge < -0.3 is 24.6 Å². The molecule has 0 unspecified atom stereocenters. The van der Waals surface area contributed by atoms with E-state index in [1.54, 1.807) is 13.8 Å². The molecule has 12 heteroatoms. The molecule has 2 rings (SSSR count). The van der Waals surface area contributed by atoms with Crippen LogP contribution in [0.2, 0.25) is 0 Å². The van der Waals surface area contributed by atoms with E-state index in [9.17, 15) is 37.3 Å². The molecule has 0 saturated heterocycles. The summed E-state index contributed by atoms with van der Waals surface area (Å²) >= 11 is 0. The van der Waals surface area contributed by atoms with Gasteiger partial charge in [0.05, 0.1) is 11.5 Å². The van der Waals surface area contributed by atoms with Crippen molar-refractivity contribution in [3.8, 4) is 0 Å². The van der Waals surface area contributed by atoms with Gasteiger partial charge in [0, 0.05) is 0 Å². The Morgan fingerprint density at radius 2 is 1.21 bits per heavy atom. The molecule has 2 aromatic rings. The van der Waals surface area contributed by atoms with Crippen molar-refractivity contribution in [1.29, 1.82) is 0 Å². The van der Waals surface area contributed by atoms with E-state index in [1.165, 1.54) is 48.5 Å². The fraction of sp³-hybridized carbons (Fsp3) is 0.333. The Bertz CT molecular complexity index is 1160. The molecule has 0 fully saturated rings. The molecule has 2 aromatic carbocycles. The first-order chi connectivity index (χ1) is 15.2. The number of benzene rings is 2. The SMILES string of the molecule is C=C(OS(=O)(=O)c1ccc(C)cc1)[C@@H](O)[C@@H](O)[C@H](O)[C@H](O)COS(=O)(=O)c1ccc(C)cc1. The Labute approximate surface area is 192 Å². The minimum absolute atomic E-state index is 0.182. The van der Waals surface area contributed by atoms with Gasteiger partial charge in [-0.1, -0.05) is 42.0 Å². The maximum Gasteiger partial charge on any atom is 0.338 e. The molecule has 4 N–H and O–H groups in total. The molecule has 0 aromatic heterocycles. The van der Waals surface area contributed by atoms with Gasteiger partial charge in [-0.25, -0.2) is 0 Å². The highest BCUT2D eigenvalue weighted by molar-refractivity contribution is 7.87. The molecule has 0 bridgehead atoms. The third-order valence-corrected chi connectivity index (χ3v) is 7.21. The molecule has 0 amide bonds. The Balaban J connectivity index is 1.99. The lowest BCUT2D eigenvalue weighted by molar-refractivity contribution is -0.109. The lowest BCUT2D eigenvalue weighted by atomic mass is 10.0. The molecular weight excluding hydrogens is 476 g/mol. The van der Waals surface area contributed by atoms with Gasteiger partial charge >= 0.3 is 10.1 Å². The average Bonchev–Trinajstić information content (AvgIpc) is 2.76. The maximum atomic E-state index is 12.3. The van der Waals surface area contributed by atoms with Crippen LogP contribution in [0.4, 0.5) is 0 Å². The van der Waals surface area contributed by atoms with E-state index < -0.39 is 57.0 Å². The van der Waals surface area contributed by atoms with Crippen molar-refractivity contribution in [3.05, 3.63) is 72.0 Å². The number of rotatable bonds is 11. The molecule has 0 aliphatic heterocycles. The lowest BCUT2D eigenvalue weighted by Crippen LogP contribution is -2.47. The number of hydrogen-bond donors (Lipinski definition) is 4. The fourth-order valence-corrected chi connectivity index (χ4v) is 4.45. The van der Waals surface area contributed by atoms with Crippen molar-refractivity contribution in [1.82, 2.24) is 0 Å². The van der Waals surface area contributed by atoms with Gasteiger partial charge in [0.15, 0.2) is 0 Å². The van der Waals surface area contributed by atoms with E-state index in [-0.39, 0.29) is 9.79 Å². The summed E-state index contributed by atoms with van der Waals surface area (Å²) in [5.74, 6) is -0.817. The van der Waals surface area contributed by atoms with E-state index >= 15 is 0 Å². The number of aryl methyl sites for hydroxylation is 2. The molecule has 0 aliphatic rings. The normalized spacial score (nSPS) is 15.9. The van der Waals surface area contributed by atoms with Crippen LogP contribution in [0.5, 0.6) is 0 Å². The highest BCUT2D eigenvalue weighted by atomic mass is 32.2. The highest BCUT2D eigenvalue weighted by Crippen LogP contribution is 2.21. The second-order valence-corrected chi connectivity index (χ2v) is 10.5. The van der Waals surface area contributed by atoms with Gasteiger partial charge in [0.2, 0.25) is 0 Å². The van der Waals surface area contributed by atoms with Crippen molar-refractivity contribution in [2.45, 2.75) is 48.1 Å². The van der Waals surface area contributed by atoms with Crippen molar-refractivity contribution in [3.63, 3.8) is 0 Å². The molecule has 0 radical (unpaired) electrons. The summed E-state index contributed by atoms with van der Waals surface area (Å²) < 4.78 is 58.3. The van der Waals surface area contributed by atoms with E-state index in [4.69, 9.17) is 8.37 Å². The molecule has 182 valence electrons. The number of hydrogen-bond acceptors (Lipinski definition) is 10. The standard InChI is InChI=1S/C21H26O10S2/c1-13-4-8-16(9-5-13)32(26,27)30-12-18(22)20(24)21(25)19(23)15(3)31-33(28,29)17-10-6-14(2)7-11-17/h4-11,18-25H,3,12H2,1-2H3/t18-,19-,20-,21-/m1/s1. The van der Waals surface area contributed by atoms with Gasteiger partial charge in [-0.3, -0.25) is 4.18 Å². The van der Waals surface area contributed by atoms with Crippen molar-refractivity contribution in [2.24, 2.45) is 0 Å². The smallest absolute Gasteiger partial charge is 0.338 e. The predicted molar refractivity (Wildman–Crippen MR) is 117 cm³/mol. The molecule has 0 saturated carbocycles. The maximum absolute atomic E-state index is 12.3. The van der Waals surface area contributed by atoms with Gasteiger partial charge in [0.1, 0.15) is 35.1 Å². The second kappa shape index (κ2) is 10.7. The van der Waals surface area contributed by atoms with Crippen LogP contribution in [0, 0.1) is 13.8 Å².